The van der Waals surface area contributed by atoms with E-state index in [0.717, 1.165) is 42.3 Å². The van der Waals surface area contributed by atoms with Crippen LogP contribution in [-0.4, -0.2) is 24.0 Å². The number of carbonyl (C=O) groups excluding carboxylic acids is 1. The van der Waals surface area contributed by atoms with E-state index in [4.69, 9.17) is 4.98 Å². The van der Waals surface area contributed by atoms with Crippen molar-refractivity contribution >= 4 is 38.3 Å². The molecule has 0 radical (unpaired) electrons. The number of nitrogens with zero attached hydrogens (tertiary/aromatic N) is 2. The lowest BCUT2D eigenvalue weighted by Gasteiger charge is -2.32. The fourth-order valence-electron chi connectivity index (χ4n) is 3.71. The van der Waals surface area contributed by atoms with Crippen molar-refractivity contribution in [2.24, 2.45) is 5.92 Å². The number of benzene rings is 2. The summed E-state index contributed by atoms with van der Waals surface area (Å²) in [6.07, 6.45) is 1.94. The van der Waals surface area contributed by atoms with E-state index in [-0.39, 0.29) is 11.8 Å². The molecule has 0 saturated carbocycles. The molecule has 4 rings (SSSR count). The zero-order chi connectivity index (χ0) is 18.8. The third-order valence-corrected chi connectivity index (χ3v) is 6.28. The Morgan fingerprint density at radius 3 is 2.78 bits per heavy atom. The van der Waals surface area contributed by atoms with E-state index in [1.165, 1.54) is 10.3 Å². The first-order valence-corrected chi connectivity index (χ1v) is 10.4. The van der Waals surface area contributed by atoms with Crippen LogP contribution in [0.5, 0.6) is 0 Å². The molecule has 1 aliphatic rings. The number of para-hydroxylation sites is 2. The monoisotopic (exact) mass is 379 g/mol. The molecule has 4 nitrogen and oxygen atoms in total. The molecule has 2 heterocycles. The molecule has 2 aromatic carbocycles. The van der Waals surface area contributed by atoms with Crippen molar-refractivity contribution in [3.05, 3.63) is 54.1 Å². The maximum Gasteiger partial charge on any atom is 0.229 e. The van der Waals surface area contributed by atoms with Gasteiger partial charge in [0.1, 0.15) is 0 Å². The highest BCUT2D eigenvalue weighted by molar-refractivity contribution is 7.22. The van der Waals surface area contributed by atoms with Gasteiger partial charge in [-0.3, -0.25) is 4.79 Å². The molecule has 0 aliphatic carbocycles. The second kappa shape index (κ2) is 7.69. The first-order chi connectivity index (χ1) is 13.1. The number of hydrogen-bond acceptors (Lipinski definition) is 4. The molecule has 1 fully saturated rings. The van der Waals surface area contributed by atoms with Gasteiger partial charge in [-0.25, -0.2) is 4.98 Å². The summed E-state index contributed by atoms with van der Waals surface area (Å²) in [7, 11) is 0. The highest BCUT2D eigenvalue weighted by atomic mass is 32.1. The molecular weight excluding hydrogens is 354 g/mol. The van der Waals surface area contributed by atoms with Gasteiger partial charge >= 0.3 is 0 Å². The molecule has 1 saturated heterocycles. The molecule has 1 aliphatic heterocycles. The fourth-order valence-corrected chi connectivity index (χ4v) is 4.71. The van der Waals surface area contributed by atoms with Crippen molar-refractivity contribution < 1.29 is 4.79 Å². The first-order valence-electron chi connectivity index (χ1n) is 9.62. The number of amides is 1. The van der Waals surface area contributed by atoms with Crippen LogP contribution in [0.25, 0.3) is 10.2 Å². The number of hydrogen-bond donors (Lipinski definition) is 1. The average molecular weight is 380 g/mol. The zero-order valence-corrected chi connectivity index (χ0v) is 16.6. The minimum absolute atomic E-state index is 0.00835. The number of aromatic nitrogens is 1. The number of thiazole rings is 1. The van der Waals surface area contributed by atoms with Gasteiger partial charge in [0.25, 0.3) is 0 Å². The van der Waals surface area contributed by atoms with Gasteiger partial charge in [0.05, 0.1) is 16.1 Å². The highest BCUT2D eigenvalue weighted by Crippen LogP contribution is 2.32. The maximum absolute atomic E-state index is 12.9. The molecule has 1 atom stereocenters. The molecule has 140 valence electrons. The Morgan fingerprint density at radius 1 is 1.19 bits per heavy atom. The van der Waals surface area contributed by atoms with E-state index in [9.17, 15) is 4.79 Å². The van der Waals surface area contributed by atoms with Crippen LogP contribution in [0.1, 0.15) is 38.2 Å². The predicted molar refractivity (Wildman–Crippen MR) is 114 cm³/mol. The van der Waals surface area contributed by atoms with Crippen molar-refractivity contribution in [2.45, 2.75) is 32.6 Å². The molecule has 1 unspecified atom stereocenters. The number of anilines is 2. The smallest absolute Gasteiger partial charge is 0.229 e. The normalized spacial score (nSPS) is 17.4. The minimum atomic E-state index is -0.00835. The van der Waals surface area contributed by atoms with Gasteiger partial charge in [0, 0.05) is 18.8 Å². The lowest BCUT2D eigenvalue weighted by atomic mass is 9.96. The Hall–Kier alpha value is -2.40. The van der Waals surface area contributed by atoms with E-state index < -0.39 is 0 Å². The van der Waals surface area contributed by atoms with Crippen LogP contribution in [0.3, 0.4) is 0 Å². The third-order valence-electron chi connectivity index (χ3n) is 5.19. The first kappa shape index (κ1) is 18.0. The number of fused-ring (bicyclic) bond motifs is 1. The molecule has 1 amide bonds. The predicted octanol–water partition coefficient (Wildman–Crippen LogP) is 5.27. The molecular formula is C22H25N3OS. The number of carbonyl (C=O) groups is 1. The minimum Gasteiger partial charge on any atom is -0.347 e. The molecule has 1 N–H and O–H groups in total. The summed E-state index contributed by atoms with van der Waals surface area (Å²) in [4.78, 5) is 20.0. The second-order valence-electron chi connectivity index (χ2n) is 7.48. The van der Waals surface area contributed by atoms with Crippen LogP contribution in [-0.2, 0) is 4.79 Å². The van der Waals surface area contributed by atoms with Crippen LogP contribution in [0.2, 0.25) is 0 Å². The lowest BCUT2D eigenvalue weighted by molar-refractivity contribution is -0.120. The summed E-state index contributed by atoms with van der Waals surface area (Å²) in [5.41, 5.74) is 3.16. The van der Waals surface area contributed by atoms with Crippen molar-refractivity contribution in [1.82, 2.24) is 4.98 Å². The van der Waals surface area contributed by atoms with E-state index in [1.807, 2.05) is 36.4 Å². The largest absolute Gasteiger partial charge is 0.347 e. The van der Waals surface area contributed by atoms with Crippen LogP contribution < -0.4 is 10.2 Å². The zero-order valence-electron chi connectivity index (χ0n) is 15.8. The Morgan fingerprint density at radius 2 is 1.96 bits per heavy atom. The molecule has 0 spiro atoms. The van der Waals surface area contributed by atoms with Crippen LogP contribution >= 0.6 is 11.3 Å². The van der Waals surface area contributed by atoms with Gasteiger partial charge in [-0.2, -0.15) is 0 Å². The van der Waals surface area contributed by atoms with Crippen molar-refractivity contribution in [3.8, 4) is 0 Å². The van der Waals surface area contributed by atoms with Gasteiger partial charge in [0.15, 0.2) is 5.13 Å². The van der Waals surface area contributed by atoms with Crippen LogP contribution in [0.15, 0.2) is 48.5 Å². The summed E-state index contributed by atoms with van der Waals surface area (Å²) < 4.78 is 1.20. The van der Waals surface area contributed by atoms with E-state index in [1.54, 1.807) is 11.3 Å². The number of rotatable bonds is 4. The Balaban J connectivity index is 1.49. The summed E-state index contributed by atoms with van der Waals surface area (Å²) in [5, 5.41) is 4.20. The maximum atomic E-state index is 12.9. The second-order valence-corrected chi connectivity index (χ2v) is 8.49. The Labute approximate surface area is 164 Å². The summed E-state index contributed by atoms with van der Waals surface area (Å²) >= 11 is 1.71. The van der Waals surface area contributed by atoms with Gasteiger partial charge < -0.3 is 10.2 Å². The van der Waals surface area contributed by atoms with Crippen molar-refractivity contribution in [3.63, 3.8) is 0 Å². The average Bonchev–Trinajstić information content (AvgIpc) is 3.12. The van der Waals surface area contributed by atoms with E-state index in [2.05, 4.69) is 36.2 Å². The fraction of sp³-hybridized carbons (Fsp3) is 0.364. The topological polar surface area (TPSA) is 45.2 Å². The van der Waals surface area contributed by atoms with Crippen LogP contribution in [0.4, 0.5) is 10.8 Å². The highest BCUT2D eigenvalue weighted by Gasteiger charge is 2.28. The van der Waals surface area contributed by atoms with E-state index >= 15 is 0 Å². The quantitative estimate of drug-likeness (QED) is 0.671. The summed E-state index contributed by atoms with van der Waals surface area (Å²) in [5.74, 6) is 0.493. The van der Waals surface area contributed by atoms with Crippen molar-refractivity contribution in [1.29, 1.82) is 0 Å². The lowest BCUT2D eigenvalue weighted by Crippen LogP contribution is -2.40. The molecule has 3 aromatic rings. The van der Waals surface area contributed by atoms with Gasteiger partial charge in [-0.05, 0) is 42.5 Å². The standard InChI is InChI=1S/C22H25N3OS/c1-15(2)17-9-3-4-10-18(17)23-21(26)16-8-7-13-25(14-16)22-24-19-11-5-6-12-20(19)27-22/h3-6,9-12,15-16H,7-8,13-14H2,1-2H3,(H,23,26). The van der Waals surface area contributed by atoms with E-state index in [0.29, 0.717) is 5.92 Å². The van der Waals surface area contributed by atoms with Crippen LogP contribution in [0, 0.1) is 5.92 Å². The third kappa shape index (κ3) is 3.83. The van der Waals surface area contributed by atoms with Gasteiger partial charge in [-0.15, -0.1) is 0 Å². The molecule has 1 aromatic heterocycles. The van der Waals surface area contributed by atoms with Crippen molar-refractivity contribution in [2.75, 3.05) is 23.3 Å². The Bertz CT molecular complexity index is 916. The summed E-state index contributed by atoms with van der Waals surface area (Å²) in [6, 6.07) is 16.3. The molecule has 27 heavy (non-hydrogen) atoms. The number of piperidine rings is 1. The number of nitrogens with one attached hydrogen (secondary N) is 1. The molecule has 5 heteroatoms. The Kier molecular flexibility index (Phi) is 5.12. The molecule has 0 bridgehead atoms. The summed E-state index contributed by atoms with van der Waals surface area (Å²) in [6.45, 7) is 6.00. The van der Waals surface area contributed by atoms with Gasteiger partial charge in [-0.1, -0.05) is 55.5 Å². The SMILES string of the molecule is CC(C)c1ccccc1NC(=O)C1CCCN(c2nc3ccccc3s2)C1. The van der Waals surface area contributed by atoms with Gasteiger partial charge in [0.2, 0.25) is 5.91 Å².